The number of nitrogens with one attached hydrogen (secondary N) is 3. The molecule has 0 aromatic carbocycles. The fraction of sp³-hybridized carbons (Fsp3) is 0.733. The summed E-state index contributed by atoms with van der Waals surface area (Å²) in [5.74, 6) is -0.756. The summed E-state index contributed by atoms with van der Waals surface area (Å²) in [6.07, 6.45) is 4.42. The van der Waals surface area contributed by atoms with E-state index in [1.165, 1.54) is 13.8 Å². The van der Waals surface area contributed by atoms with Gasteiger partial charge in [0.2, 0.25) is 11.8 Å². The van der Waals surface area contributed by atoms with Crippen molar-refractivity contribution in [3.05, 3.63) is 0 Å². The van der Waals surface area contributed by atoms with Crippen LogP contribution in [-0.4, -0.2) is 49.1 Å². The van der Waals surface area contributed by atoms with Crippen LogP contribution in [0.25, 0.3) is 0 Å². The van der Waals surface area contributed by atoms with E-state index in [4.69, 9.17) is 0 Å². The largest absolute Gasteiger partial charge is 0.345 e. The van der Waals surface area contributed by atoms with Gasteiger partial charge in [-0.25, -0.2) is 0 Å². The molecule has 0 heterocycles. The van der Waals surface area contributed by atoms with E-state index in [2.05, 4.69) is 22.9 Å². The third-order valence-corrected chi connectivity index (χ3v) is 3.89. The number of aldehydes is 2. The van der Waals surface area contributed by atoms with Gasteiger partial charge < -0.3 is 25.5 Å². The average Bonchev–Trinajstić information content (AvgIpc) is 3.18. The summed E-state index contributed by atoms with van der Waals surface area (Å²) < 4.78 is 0. The standard InChI is InChI=1S/C15H25N3O4/c1-10(17-11(2)21)14(22)18-13(9-20)7-16-12(8-19)6-15(3)4-5-15/h8-10,12-13,16H,4-7H2,1-3H3,(H,17,21)(H,18,22). The van der Waals surface area contributed by atoms with Crippen molar-refractivity contribution in [2.45, 2.75) is 58.2 Å². The maximum atomic E-state index is 11.8. The average molecular weight is 311 g/mol. The van der Waals surface area contributed by atoms with E-state index in [9.17, 15) is 19.2 Å². The fourth-order valence-electron chi connectivity index (χ4n) is 2.21. The lowest BCUT2D eigenvalue weighted by atomic mass is 10.00. The molecule has 3 atom stereocenters. The van der Waals surface area contributed by atoms with E-state index in [0.717, 1.165) is 25.5 Å². The molecule has 124 valence electrons. The van der Waals surface area contributed by atoms with Crippen molar-refractivity contribution in [1.29, 1.82) is 0 Å². The normalized spacial score (nSPS) is 19.4. The lowest BCUT2D eigenvalue weighted by Crippen LogP contribution is -2.52. The SMILES string of the molecule is CC(=O)NC(C)C(=O)NC(C=O)CNC(C=O)CC1(C)CC1. The van der Waals surface area contributed by atoms with Crippen LogP contribution in [0, 0.1) is 5.41 Å². The Morgan fingerprint density at radius 1 is 1.14 bits per heavy atom. The van der Waals surface area contributed by atoms with Gasteiger partial charge in [-0.2, -0.15) is 0 Å². The second-order valence-corrected chi connectivity index (χ2v) is 6.34. The topological polar surface area (TPSA) is 104 Å². The van der Waals surface area contributed by atoms with Gasteiger partial charge >= 0.3 is 0 Å². The zero-order chi connectivity index (χ0) is 16.8. The first-order chi connectivity index (χ1) is 10.3. The van der Waals surface area contributed by atoms with E-state index in [1.54, 1.807) is 0 Å². The van der Waals surface area contributed by atoms with Crippen molar-refractivity contribution in [2.24, 2.45) is 5.41 Å². The van der Waals surface area contributed by atoms with Gasteiger partial charge in [-0.3, -0.25) is 9.59 Å². The van der Waals surface area contributed by atoms with E-state index >= 15 is 0 Å². The summed E-state index contributed by atoms with van der Waals surface area (Å²) >= 11 is 0. The first-order valence-electron chi connectivity index (χ1n) is 7.51. The summed E-state index contributed by atoms with van der Waals surface area (Å²) in [4.78, 5) is 44.8. The van der Waals surface area contributed by atoms with Gasteiger partial charge in [0, 0.05) is 13.5 Å². The minimum Gasteiger partial charge on any atom is -0.345 e. The Hall–Kier alpha value is -1.76. The highest BCUT2D eigenvalue weighted by molar-refractivity contribution is 5.88. The molecule has 3 unspecified atom stereocenters. The summed E-state index contributed by atoms with van der Waals surface area (Å²) in [6, 6.07) is -1.77. The Morgan fingerprint density at radius 3 is 2.18 bits per heavy atom. The van der Waals surface area contributed by atoms with Gasteiger partial charge in [-0.1, -0.05) is 6.92 Å². The Kier molecular flexibility index (Phi) is 6.67. The molecule has 7 heteroatoms. The molecule has 1 saturated carbocycles. The fourth-order valence-corrected chi connectivity index (χ4v) is 2.21. The van der Waals surface area contributed by atoms with Crippen LogP contribution in [0.15, 0.2) is 0 Å². The van der Waals surface area contributed by atoms with Gasteiger partial charge in [0.05, 0.1) is 12.1 Å². The van der Waals surface area contributed by atoms with Crippen molar-refractivity contribution in [1.82, 2.24) is 16.0 Å². The molecule has 22 heavy (non-hydrogen) atoms. The number of carbonyl (C=O) groups excluding carboxylic acids is 4. The molecule has 1 aliphatic carbocycles. The third kappa shape index (κ3) is 6.34. The number of hydrogen-bond acceptors (Lipinski definition) is 5. The first-order valence-corrected chi connectivity index (χ1v) is 7.51. The zero-order valence-corrected chi connectivity index (χ0v) is 13.3. The van der Waals surface area contributed by atoms with Crippen LogP contribution in [0.4, 0.5) is 0 Å². The molecule has 7 nitrogen and oxygen atoms in total. The molecular formula is C15H25N3O4. The molecule has 0 aromatic heterocycles. The van der Waals surface area contributed by atoms with Crippen LogP contribution in [0.5, 0.6) is 0 Å². The highest BCUT2D eigenvalue weighted by Crippen LogP contribution is 2.48. The molecule has 1 aliphatic rings. The van der Waals surface area contributed by atoms with E-state index < -0.39 is 18.0 Å². The molecule has 0 aromatic rings. The summed E-state index contributed by atoms with van der Waals surface area (Å²) in [5, 5.41) is 7.97. The number of carbonyl (C=O) groups is 4. The van der Waals surface area contributed by atoms with Crippen LogP contribution in [0.2, 0.25) is 0 Å². The molecular weight excluding hydrogens is 286 g/mol. The Balaban J connectivity index is 2.40. The van der Waals surface area contributed by atoms with Crippen LogP contribution in [0.1, 0.15) is 40.0 Å². The highest BCUT2D eigenvalue weighted by atomic mass is 16.2. The van der Waals surface area contributed by atoms with Crippen molar-refractivity contribution in [3.63, 3.8) is 0 Å². The van der Waals surface area contributed by atoms with Crippen molar-refractivity contribution < 1.29 is 19.2 Å². The predicted molar refractivity (Wildman–Crippen MR) is 81.1 cm³/mol. The van der Waals surface area contributed by atoms with Crippen LogP contribution in [-0.2, 0) is 19.2 Å². The molecule has 0 saturated heterocycles. The van der Waals surface area contributed by atoms with Crippen LogP contribution >= 0.6 is 0 Å². The second kappa shape index (κ2) is 8.03. The van der Waals surface area contributed by atoms with Gasteiger partial charge in [0.15, 0.2) is 0 Å². The first kappa shape index (κ1) is 18.3. The zero-order valence-electron chi connectivity index (χ0n) is 13.3. The monoisotopic (exact) mass is 311 g/mol. The summed E-state index contributed by atoms with van der Waals surface area (Å²) in [6.45, 7) is 5.16. The smallest absolute Gasteiger partial charge is 0.242 e. The van der Waals surface area contributed by atoms with Crippen molar-refractivity contribution in [2.75, 3.05) is 6.54 Å². The lowest BCUT2D eigenvalue weighted by Gasteiger charge is -2.21. The summed E-state index contributed by atoms with van der Waals surface area (Å²) in [5.41, 5.74) is 0.221. The molecule has 3 N–H and O–H groups in total. The predicted octanol–water partition coefficient (Wildman–Crippen LogP) is -0.458. The van der Waals surface area contributed by atoms with E-state index in [-0.39, 0.29) is 23.9 Å². The van der Waals surface area contributed by atoms with Gasteiger partial charge in [-0.15, -0.1) is 0 Å². The molecule has 2 amide bonds. The van der Waals surface area contributed by atoms with E-state index in [1.807, 2.05) is 0 Å². The Bertz CT molecular complexity index is 435. The molecule has 1 rings (SSSR count). The highest BCUT2D eigenvalue weighted by Gasteiger charge is 2.39. The lowest BCUT2D eigenvalue weighted by molar-refractivity contribution is -0.128. The molecule has 0 aliphatic heterocycles. The maximum absolute atomic E-state index is 11.8. The Labute approximate surface area is 130 Å². The second-order valence-electron chi connectivity index (χ2n) is 6.34. The van der Waals surface area contributed by atoms with Gasteiger partial charge in [0.25, 0.3) is 0 Å². The Morgan fingerprint density at radius 2 is 1.73 bits per heavy atom. The minimum atomic E-state index is -0.738. The molecule has 0 bridgehead atoms. The number of amides is 2. The minimum absolute atomic E-state index is 0.182. The van der Waals surface area contributed by atoms with Gasteiger partial charge in [-0.05, 0) is 31.6 Å². The van der Waals surface area contributed by atoms with Crippen LogP contribution < -0.4 is 16.0 Å². The molecule has 1 fully saturated rings. The quantitative estimate of drug-likeness (QED) is 0.474. The van der Waals surface area contributed by atoms with Crippen molar-refractivity contribution in [3.8, 4) is 0 Å². The number of rotatable bonds is 10. The molecule has 0 radical (unpaired) electrons. The molecule has 0 spiro atoms. The third-order valence-electron chi connectivity index (χ3n) is 3.89. The van der Waals surface area contributed by atoms with E-state index in [0.29, 0.717) is 6.29 Å². The number of hydrogen-bond donors (Lipinski definition) is 3. The maximum Gasteiger partial charge on any atom is 0.242 e. The van der Waals surface area contributed by atoms with Crippen LogP contribution in [0.3, 0.4) is 0 Å². The van der Waals surface area contributed by atoms with Crippen molar-refractivity contribution >= 4 is 24.4 Å². The van der Waals surface area contributed by atoms with Gasteiger partial charge in [0.1, 0.15) is 18.6 Å². The summed E-state index contributed by atoms with van der Waals surface area (Å²) in [7, 11) is 0.